The summed E-state index contributed by atoms with van der Waals surface area (Å²) in [6.07, 6.45) is 3.66. The molecular formula is C13H14ClN3O. The third-order valence-corrected chi connectivity index (χ3v) is 3.22. The smallest absolute Gasteiger partial charge is 0.165 e. The van der Waals surface area contributed by atoms with Crippen LogP contribution < -0.4 is 10.1 Å². The average molecular weight is 264 g/mol. The van der Waals surface area contributed by atoms with Gasteiger partial charge in [-0.05, 0) is 24.3 Å². The Hall–Kier alpha value is -1.52. The Morgan fingerprint density at radius 1 is 1.28 bits per heavy atom. The predicted octanol–water partition coefficient (Wildman–Crippen LogP) is 2.55. The fourth-order valence-electron chi connectivity index (χ4n) is 1.88. The van der Waals surface area contributed by atoms with Gasteiger partial charge in [0.25, 0.3) is 0 Å². The van der Waals surface area contributed by atoms with Gasteiger partial charge in [0.2, 0.25) is 0 Å². The minimum atomic E-state index is 0.688. The topological polar surface area (TPSA) is 39.1 Å². The van der Waals surface area contributed by atoms with E-state index in [4.69, 9.17) is 16.3 Å². The molecule has 5 heteroatoms. The van der Waals surface area contributed by atoms with E-state index >= 15 is 0 Å². The van der Waals surface area contributed by atoms with Gasteiger partial charge in [0.1, 0.15) is 5.75 Å². The molecule has 0 saturated carbocycles. The summed E-state index contributed by atoms with van der Waals surface area (Å²) in [7, 11) is 0. The van der Waals surface area contributed by atoms with E-state index in [1.807, 2.05) is 23.0 Å². The summed E-state index contributed by atoms with van der Waals surface area (Å²) in [5, 5.41) is 8.24. The fraction of sp³-hybridized carbons (Fsp3) is 0.308. The largest absolute Gasteiger partial charge is 0.454 e. The van der Waals surface area contributed by atoms with Crippen molar-refractivity contribution in [3.63, 3.8) is 0 Å². The van der Waals surface area contributed by atoms with Gasteiger partial charge in [-0.1, -0.05) is 11.6 Å². The van der Waals surface area contributed by atoms with Crippen LogP contribution in [0.2, 0.25) is 5.02 Å². The van der Waals surface area contributed by atoms with Gasteiger partial charge in [-0.3, -0.25) is 4.68 Å². The first-order valence-corrected chi connectivity index (χ1v) is 6.34. The summed E-state index contributed by atoms with van der Waals surface area (Å²) in [6, 6.07) is 7.30. The molecule has 0 bridgehead atoms. The molecule has 1 saturated heterocycles. The molecule has 1 aliphatic rings. The molecule has 1 aliphatic heterocycles. The van der Waals surface area contributed by atoms with Gasteiger partial charge in [0.15, 0.2) is 5.75 Å². The number of benzene rings is 1. The number of rotatable bonds is 4. The van der Waals surface area contributed by atoms with Crippen molar-refractivity contribution in [2.45, 2.75) is 6.54 Å². The molecule has 0 atom stereocenters. The maximum atomic E-state index is 5.82. The summed E-state index contributed by atoms with van der Waals surface area (Å²) in [6.45, 7) is 3.09. The van der Waals surface area contributed by atoms with E-state index in [2.05, 4.69) is 10.4 Å². The molecule has 2 heterocycles. The molecule has 18 heavy (non-hydrogen) atoms. The number of aromatic nitrogens is 2. The van der Waals surface area contributed by atoms with Gasteiger partial charge in [0.05, 0.1) is 12.4 Å². The minimum Gasteiger partial charge on any atom is -0.454 e. The molecule has 1 aromatic heterocycles. The standard InChI is InChI=1S/C13H14ClN3O/c14-11-1-3-12(4-2-11)18-13-7-16-17(9-13)8-10-5-15-6-10/h1-4,7,9-10,15H,5-6,8H2. The van der Waals surface area contributed by atoms with Gasteiger partial charge in [-0.25, -0.2) is 0 Å². The summed E-state index contributed by atoms with van der Waals surface area (Å²) in [5.74, 6) is 2.21. The van der Waals surface area contributed by atoms with Gasteiger partial charge < -0.3 is 10.1 Å². The van der Waals surface area contributed by atoms with Crippen LogP contribution in [0, 0.1) is 5.92 Å². The average Bonchev–Trinajstić information content (AvgIpc) is 2.75. The van der Waals surface area contributed by atoms with E-state index in [9.17, 15) is 0 Å². The first kappa shape index (κ1) is 11.6. The highest BCUT2D eigenvalue weighted by Gasteiger charge is 2.17. The number of nitrogens with one attached hydrogen (secondary N) is 1. The van der Waals surface area contributed by atoms with Crippen LogP contribution in [0.3, 0.4) is 0 Å². The van der Waals surface area contributed by atoms with Crippen LogP contribution in [0.5, 0.6) is 11.5 Å². The lowest BCUT2D eigenvalue weighted by Crippen LogP contribution is -2.44. The second-order valence-corrected chi connectivity index (χ2v) is 4.91. The Morgan fingerprint density at radius 3 is 2.72 bits per heavy atom. The van der Waals surface area contributed by atoms with Crippen molar-refractivity contribution in [1.82, 2.24) is 15.1 Å². The van der Waals surface area contributed by atoms with Crippen LogP contribution in [-0.2, 0) is 6.54 Å². The highest BCUT2D eigenvalue weighted by atomic mass is 35.5. The van der Waals surface area contributed by atoms with Crippen LogP contribution >= 0.6 is 11.6 Å². The van der Waals surface area contributed by atoms with Gasteiger partial charge in [-0.15, -0.1) is 0 Å². The second kappa shape index (κ2) is 5.00. The predicted molar refractivity (Wildman–Crippen MR) is 70.1 cm³/mol. The van der Waals surface area contributed by atoms with Crippen LogP contribution in [0.15, 0.2) is 36.7 Å². The first-order chi connectivity index (χ1) is 8.79. The van der Waals surface area contributed by atoms with E-state index < -0.39 is 0 Å². The van der Waals surface area contributed by atoms with Crippen molar-refractivity contribution < 1.29 is 4.74 Å². The second-order valence-electron chi connectivity index (χ2n) is 4.48. The summed E-state index contributed by atoms with van der Waals surface area (Å²) in [5.41, 5.74) is 0. The zero-order chi connectivity index (χ0) is 12.4. The Kier molecular flexibility index (Phi) is 3.21. The molecule has 0 unspecified atom stereocenters. The van der Waals surface area contributed by atoms with E-state index in [1.54, 1.807) is 18.3 Å². The van der Waals surface area contributed by atoms with Gasteiger partial charge in [0, 0.05) is 30.6 Å². The maximum absolute atomic E-state index is 5.82. The Labute approximate surface area is 111 Å². The molecule has 0 spiro atoms. The van der Waals surface area contributed by atoms with E-state index in [1.165, 1.54) is 0 Å². The van der Waals surface area contributed by atoms with Gasteiger partial charge in [-0.2, -0.15) is 5.10 Å². The molecule has 1 fully saturated rings. The van der Waals surface area contributed by atoms with Crippen molar-refractivity contribution in [2.24, 2.45) is 5.92 Å². The van der Waals surface area contributed by atoms with Crippen molar-refractivity contribution >= 4 is 11.6 Å². The first-order valence-electron chi connectivity index (χ1n) is 5.96. The zero-order valence-electron chi connectivity index (χ0n) is 9.84. The van der Waals surface area contributed by atoms with Crippen LogP contribution in [0.1, 0.15) is 0 Å². The Balaban J connectivity index is 1.63. The number of ether oxygens (including phenoxy) is 1. The number of halogens is 1. The van der Waals surface area contributed by atoms with E-state index in [0.29, 0.717) is 10.9 Å². The number of hydrogen-bond acceptors (Lipinski definition) is 3. The fourth-order valence-corrected chi connectivity index (χ4v) is 2.00. The van der Waals surface area contributed by atoms with Crippen molar-refractivity contribution in [1.29, 1.82) is 0 Å². The number of nitrogens with zero attached hydrogens (tertiary/aromatic N) is 2. The van der Waals surface area contributed by atoms with E-state index in [-0.39, 0.29) is 0 Å². The van der Waals surface area contributed by atoms with Crippen LogP contribution in [-0.4, -0.2) is 22.9 Å². The quantitative estimate of drug-likeness (QED) is 0.921. The normalized spacial score (nSPS) is 15.4. The molecule has 0 radical (unpaired) electrons. The zero-order valence-corrected chi connectivity index (χ0v) is 10.6. The summed E-state index contributed by atoms with van der Waals surface area (Å²) in [4.78, 5) is 0. The van der Waals surface area contributed by atoms with Crippen molar-refractivity contribution in [3.8, 4) is 11.5 Å². The minimum absolute atomic E-state index is 0.688. The third-order valence-electron chi connectivity index (χ3n) is 2.97. The monoisotopic (exact) mass is 263 g/mol. The van der Waals surface area contributed by atoms with Crippen LogP contribution in [0.25, 0.3) is 0 Å². The van der Waals surface area contributed by atoms with Crippen LogP contribution in [0.4, 0.5) is 0 Å². The lowest BCUT2D eigenvalue weighted by Gasteiger charge is -2.26. The number of hydrogen-bond donors (Lipinski definition) is 1. The highest BCUT2D eigenvalue weighted by molar-refractivity contribution is 6.30. The summed E-state index contributed by atoms with van der Waals surface area (Å²) >= 11 is 5.82. The maximum Gasteiger partial charge on any atom is 0.165 e. The molecule has 0 aliphatic carbocycles. The lowest BCUT2D eigenvalue weighted by molar-refractivity contribution is 0.295. The Morgan fingerprint density at radius 2 is 2.06 bits per heavy atom. The molecule has 94 valence electrons. The Bertz CT molecular complexity index is 519. The molecule has 3 rings (SSSR count). The van der Waals surface area contributed by atoms with Crippen molar-refractivity contribution in [3.05, 3.63) is 41.7 Å². The SMILES string of the molecule is Clc1ccc(Oc2cnn(CC3CNC3)c2)cc1. The lowest BCUT2D eigenvalue weighted by atomic mass is 10.0. The van der Waals surface area contributed by atoms with Gasteiger partial charge >= 0.3 is 0 Å². The highest BCUT2D eigenvalue weighted by Crippen LogP contribution is 2.22. The summed E-state index contributed by atoms with van der Waals surface area (Å²) < 4.78 is 7.62. The third kappa shape index (κ3) is 2.66. The van der Waals surface area contributed by atoms with E-state index in [0.717, 1.165) is 31.1 Å². The molecule has 4 nitrogen and oxygen atoms in total. The van der Waals surface area contributed by atoms with Crippen molar-refractivity contribution in [2.75, 3.05) is 13.1 Å². The molecule has 2 aromatic rings. The molecule has 0 amide bonds. The molecule has 1 N–H and O–H groups in total. The molecule has 1 aromatic carbocycles. The molecular weight excluding hydrogens is 250 g/mol.